The van der Waals surface area contributed by atoms with Crippen LogP contribution in [0.4, 0.5) is 0 Å². The second kappa shape index (κ2) is 7.70. The Morgan fingerprint density at radius 3 is 2.38 bits per heavy atom. The maximum absolute atomic E-state index is 11.6. The van der Waals surface area contributed by atoms with E-state index in [0.717, 1.165) is 5.56 Å². The van der Waals surface area contributed by atoms with Gasteiger partial charge in [-0.3, -0.25) is 9.59 Å². The van der Waals surface area contributed by atoms with Gasteiger partial charge in [0.05, 0.1) is 13.5 Å². The summed E-state index contributed by atoms with van der Waals surface area (Å²) in [6.07, 6.45) is 0.0322. The van der Waals surface area contributed by atoms with Crippen molar-refractivity contribution < 1.29 is 19.1 Å². The number of benzene rings is 1. The standard InChI is InChI=1S/C15H16N2O4/c1-10(17)13(8-16)14(18)9-21-15(19)7-11-3-5-12(20-2)6-4-11/h3-6H,7,9,17H2,1-2H3/b13-10+. The van der Waals surface area contributed by atoms with Gasteiger partial charge in [-0.1, -0.05) is 12.1 Å². The SMILES string of the molecule is COc1ccc(CC(=O)OCC(=O)/C(C#N)=C(\C)N)cc1. The number of nitrogens with zero attached hydrogens (tertiary/aromatic N) is 1. The number of ketones is 1. The van der Waals surface area contributed by atoms with Gasteiger partial charge in [-0.05, 0) is 24.6 Å². The lowest BCUT2D eigenvalue weighted by molar-refractivity contribution is -0.146. The molecular weight excluding hydrogens is 272 g/mol. The van der Waals surface area contributed by atoms with Crippen molar-refractivity contribution in [1.29, 1.82) is 5.26 Å². The lowest BCUT2D eigenvalue weighted by atomic mass is 10.1. The molecule has 2 N–H and O–H groups in total. The largest absolute Gasteiger partial charge is 0.497 e. The van der Waals surface area contributed by atoms with Crippen LogP contribution in [0.2, 0.25) is 0 Å². The predicted octanol–water partition coefficient (Wildman–Crippen LogP) is 1.11. The Kier molecular flexibility index (Phi) is 5.96. The normalized spacial score (nSPS) is 11.1. The van der Waals surface area contributed by atoms with Gasteiger partial charge in [0.15, 0.2) is 6.61 Å². The van der Waals surface area contributed by atoms with E-state index in [1.807, 2.05) is 0 Å². The average molecular weight is 288 g/mol. The topological polar surface area (TPSA) is 102 Å². The van der Waals surface area contributed by atoms with Gasteiger partial charge in [-0.2, -0.15) is 5.26 Å². The van der Waals surface area contributed by atoms with Gasteiger partial charge >= 0.3 is 5.97 Å². The van der Waals surface area contributed by atoms with Gasteiger partial charge in [-0.25, -0.2) is 0 Å². The van der Waals surface area contributed by atoms with Gasteiger partial charge in [0, 0.05) is 5.70 Å². The molecule has 0 saturated heterocycles. The van der Waals surface area contributed by atoms with Gasteiger partial charge < -0.3 is 15.2 Å². The van der Waals surface area contributed by atoms with E-state index in [-0.39, 0.29) is 17.7 Å². The summed E-state index contributed by atoms with van der Waals surface area (Å²) in [5.74, 6) is -0.481. The first-order chi connectivity index (χ1) is 9.97. The summed E-state index contributed by atoms with van der Waals surface area (Å²) in [5.41, 5.74) is 6.04. The van der Waals surface area contributed by atoms with E-state index in [0.29, 0.717) is 5.75 Å². The van der Waals surface area contributed by atoms with E-state index in [1.54, 1.807) is 37.4 Å². The molecule has 1 aromatic carbocycles. The number of carbonyl (C=O) groups excluding carboxylic acids is 2. The summed E-state index contributed by atoms with van der Waals surface area (Å²) in [6, 6.07) is 8.59. The molecule has 0 spiro atoms. The van der Waals surface area contributed by atoms with Crippen molar-refractivity contribution in [2.24, 2.45) is 5.73 Å². The van der Waals surface area contributed by atoms with Crippen molar-refractivity contribution in [1.82, 2.24) is 0 Å². The van der Waals surface area contributed by atoms with Crippen LogP contribution >= 0.6 is 0 Å². The number of carbonyl (C=O) groups is 2. The molecule has 0 aliphatic heterocycles. The number of ether oxygens (including phenoxy) is 2. The molecule has 0 aliphatic carbocycles. The maximum atomic E-state index is 11.6. The van der Waals surface area contributed by atoms with Crippen LogP contribution in [0.3, 0.4) is 0 Å². The van der Waals surface area contributed by atoms with E-state index in [2.05, 4.69) is 0 Å². The van der Waals surface area contributed by atoms with Crippen molar-refractivity contribution in [3.63, 3.8) is 0 Å². The highest BCUT2D eigenvalue weighted by atomic mass is 16.5. The quantitative estimate of drug-likeness (QED) is 0.478. The van der Waals surface area contributed by atoms with Crippen LogP contribution in [-0.2, 0) is 20.7 Å². The Balaban J connectivity index is 2.53. The second-order valence-corrected chi connectivity index (χ2v) is 4.28. The lowest BCUT2D eigenvalue weighted by Gasteiger charge is -2.05. The highest BCUT2D eigenvalue weighted by Gasteiger charge is 2.14. The molecule has 0 unspecified atom stereocenters. The van der Waals surface area contributed by atoms with E-state index in [1.165, 1.54) is 6.92 Å². The Hall–Kier alpha value is -2.81. The first-order valence-electron chi connectivity index (χ1n) is 6.16. The van der Waals surface area contributed by atoms with Gasteiger partial charge in [0.1, 0.15) is 17.4 Å². The lowest BCUT2D eigenvalue weighted by Crippen LogP contribution is -2.18. The molecule has 6 nitrogen and oxygen atoms in total. The summed E-state index contributed by atoms with van der Waals surface area (Å²) in [7, 11) is 1.55. The van der Waals surface area contributed by atoms with Crippen LogP contribution in [0.1, 0.15) is 12.5 Å². The predicted molar refractivity (Wildman–Crippen MR) is 75.2 cm³/mol. The van der Waals surface area contributed by atoms with Crippen molar-refractivity contribution in [2.75, 3.05) is 13.7 Å². The van der Waals surface area contributed by atoms with Crippen LogP contribution in [0.25, 0.3) is 0 Å². The van der Waals surface area contributed by atoms with Crippen LogP contribution in [0, 0.1) is 11.3 Å². The third-order valence-electron chi connectivity index (χ3n) is 2.66. The van der Waals surface area contributed by atoms with E-state index in [9.17, 15) is 9.59 Å². The van der Waals surface area contributed by atoms with Crippen LogP contribution in [0.15, 0.2) is 35.5 Å². The molecule has 6 heteroatoms. The minimum atomic E-state index is -0.611. The molecule has 1 aromatic rings. The zero-order valence-corrected chi connectivity index (χ0v) is 11.9. The zero-order valence-electron chi connectivity index (χ0n) is 11.9. The third kappa shape index (κ3) is 4.99. The highest BCUT2D eigenvalue weighted by molar-refractivity contribution is 6.01. The number of Topliss-reactive ketones (excluding diaryl/α,β-unsaturated/α-hetero) is 1. The summed E-state index contributed by atoms with van der Waals surface area (Å²) in [6.45, 7) is 0.946. The molecule has 0 radical (unpaired) electrons. The monoisotopic (exact) mass is 288 g/mol. The number of methoxy groups -OCH3 is 1. The number of hydrogen-bond acceptors (Lipinski definition) is 6. The first kappa shape index (κ1) is 16.2. The van der Waals surface area contributed by atoms with Gasteiger partial charge in [-0.15, -0.1) is 0 Å². The molecule has 0 bridgehead atoms. The number of esters is 1. The minimum absolute atomic E-state index is 0.0322. The Morgan fingerprint density at radius 2 is 1.90 bits per heavy atom. The fourth-order valence-electron chi connectivity index (χ4n) is 1.55. The summed E-state index contributed by atoms with van der Waals surface area (Å²) in [5, 5.41) is 8.76. The number of nitrogens with two attached hydrogens (primary N) is 1. The number of nitriles is 1. The Labute approximate surface area is 122 Å². The molecule has 0 heterocycles. The second-order valence-electron chi connectivity index (χ2n) is 4.28. The Bertz CT molecular complexity index is 593. The summed E-state index contributed by atoms with van der Waals surface area (Å²) < 4.78 is 9.84. The van der Waals surface area contributed by atoms with Crippen LogP contribution in [0.5, 0.6) is 5.75 Å². The minimum Gasteiger partial charge on any atom is -0.497 e. The molecule has 0 aromatic heterocycles. The molecule has 21 heavy (non-hydrogen) atoms. The molecule has 0 atom stereocenters. The fraction of sp³-hybridized carbons (Fsp3) is 0.267. The molecular formula is C15H16N2O4. The zero-order chi connectivity index (χ0) is 15.8. The van der Waals surface area contributed by atoms with Crippen LogP contribution < -0.4 is 10.5 Å². The molecule has 0 amide bonds. The first-order valence-corrected chi connectivity index (χ1v) is 6.16. The van der Waals surface area contributed by atoms with Crippen molar-refractivity contribution in [3.8, 4) is 11.8 Å². The highest BCUT2D eigenvalue weighted by Crippen LogP contribution is 2.12. The van der Waals surface area contributed by atoms with Gasteiger partial charge in [0.25, 0.3) is 0 Å². The molecule has 0 saturated carbocycles. The van der Waals surface area contributed by atoms with Crippen molar-refractivity contribution >= 4 is 11.8 Å². The van der Waals surface area contributed by atoms with Crippen molar-refractivity contribution in [3.05, 3.63) is 41.1 Å². The van der Waals surface area contributed by atoms with Crippen LogP contribution in [-0.4, -0.2) is 25.5 Å². The Morgan fingerprint density at radius 1 is 1.29 bits per heavy atom. The molecule has 0 aliphatic rings. The number of allylic oxidation sites excluding steroid dienone is 1. The maximum Gasteiger partial charge on any atom is 0.310 e. The average Bonchev–Trinajstić information content (AvgIpc) is 2.46. The molecule has 1 rings (SSSR count). The smallest absolute Gasteiger partial charge is 0.310 e. The summed E-state index contributed by atoms with van der Waals surface area (Å²) >= 11 is 0. The number of hydrogen-bond donors (Lipinski definition) is 1. The molecule has 0 fully saturated rings. The third-order valence-corrected chi connectivity index (χ3v) is 2.66. The molecule has 110 valence electrons. The van der Waals surface area contributed by atoms with Gasteiger partial charge in [0.2, 0.25) is 5.78 Å². The summed E-state index contributed by atoms with van der Waals surface area (Å²) in [4.78, 5) is 23.2. The number of rotatable bonds is 6. The fourth-order valence-corrected chi connectivity index (χ4v) is 1.55. The van der Waals surface area contributed by atoms with E-state index in [4.69, 9.17) is 20.5 Å². The van der Waals surface area contributed by atoms with E-state index >= 15 is 0 Å². The van der Waals surface area contributed by atoms with E-state index < -0.39 is 18.4 Å². The van der Waals surface area contributed by atoms with Crippen molar-refractivity contribution in [2.45, 2.75) is 13.3 Å².